The molecule has 1 fully saturated rings. The van der Waals surface area contributed by atoms with E-state index in [-0.39, 0.29) is 10.8 Å². The number of nitrogens with zero attached hydrogens (tertiary/aromatic N) is 3. The van der Waals surface area contributed by atoms with E-state index in [1.807, 2.05) is 37.3 Å². The topological polar surface area (TPSA) is 84.4 Å². The monoisotopic (exact) mass is 438 g/mol. The van der Waals surface area contributed by atoms with Crippen molar-refractivity contribution in [2.75, 3.05) is 25.5 Å². The van der Waals surface area contributed by atoms with Crippen LogP contribution in [0, 0.1) is 6.92 Å². The van der Waals surface area contributed by atoms with E-state index in [2.05, 4.69) is 10.3 Å². The molecule has 3 heterocycles. The van der Waals surface area contributed by atoms with Gasteiger partial charge in [0.25, 0.3) is 0 Å². The molecule has 1 saturated heterocycles. The van der Waals surface area contributed by atoms with Crippen LogP contribution in [-0.4, -0.2) is 42.9 Å². The summed E-state index contributed by atoms with van der Waals surface area (Å²) in [5.74, 6) is 1.13. The number of pyridine rings is 2. The number of hydrogen-bond donors (Lipinski definition) is 1. The maximum Gasteiger partial charge on any atom is 0.246 e. The number of nitrogens with one attached hydrogen (secondary N) is 1. The Morgan fingerprint density at radius 3 is 2.71 bits per heavy atom. The molecule has 7 nitrogen and oxygen atoms in total. The van der Waals surface area contributed by atoms with E-state index in [0.717, 1.165) is 35.7 Å². The molecule has 162 valence electrons. The summed E-state index contributed by atoms with van der Waals surface area (Å²) < 4.78 is 33.5. The van der Waals surface area contributed by atoms with Gasteiger partial charge < -0.3 is 10.1 Å². The number of piperidine rings is 1. The van der Waals surface area contributed by atoms with Crippen molar-refractivity contribution >= 4 is 21.5 Å². The first-order valence-electron chi connectivity index (χ1n) is 10.3. The Balaban J connectivity index is 1.59. The Kier molecular flexibility index (Phi) is 6.20. The van der Waals surface area contributed by atoms with E-state index >= 15 is 0 Å². The number of rotatable bonds is 6. The van der Waals surface area contributed by atoms with E-state index in [1.165, 1.54) is 7.11 Å². The van der Waals surface area contributed by atoms with Crippen LogP contribution in [0.4, 0.5) is 11.5 Å². The van der Waals surface area contributed by atoms with Gasteiger partial charge in [0.15, 0.2) is 0 Å². The molecule has 1 aliphatic rings. The number of ether oxygens (including phenoxy) is 1. The molecule has 31 heavy (non-hydrogen) atoms. The Morgan fingerprint density at radius 2 is 1.94 bits per heavy atom. The Bertz CT molecular complexity index is 1150. The number of benzene rings is 1. The number of sulfonamides is 1. The average Bonchev–Trinajstić information content (AvgIpc) is 2.79. The summed E-state index contributed by atoms with van der Waals surface area (Å²) in [6.07, 6.45) is 3.40. The van der Waals surface area contributed by atoms with Crippen LogP contribution in [0.15, 0.2) is 65.7 Å². The van der Waals surface area contributed by atoms with Crippen molar-refractivity contribution in [3.05, 3.63) is 72.2 Å². The Morgan fingerprint density at radius 1 is 1.13 bits per heavy atom. The molecule has 1 N–H and O–H groups in total. The third-order valence-electron chi connectivity index (χ3n) is 5.40. The van der Waals surface area contributed by atoms with Crippen molar-refractivity contribution in [3.8, 4) is 5.75 Å². The van der Waals surface area contributed by atoms with Gasteiger partial charge >= 0.3 is 0 Å². The van der Waals surface area contributed by atoms with Crippen molar-refractivity contribution in [3.63, 3.8) is 0 Å². The predicted molar refractivity (Wildman–Crippen MR) is 120 cm³/mol. The van der Waals surface area contributed by atoms with Crippen molar-refractivity contribution < 1.29 is 13.2 Å². The molecule has 2 aromatic heterocycles. The Hall–Kier alpha value is -2.97. The Labute approximate surface area is 183 Å². The summed E-state index contributed by atoms with van der Waals surface area (Å²) in [5, 5.41) is 3.31. The zero-order valence-electron chi connectivity index (χ0n) is 17.7. The largest absolute Gasteiger partial charge is 0.495 e. The SMILES string of the molecule is COc1ccccc1S(=O)(=O)N1CCC[C@@H](c2cc(Nc3ccccn3)cc(C)n2)C1. The van der Waals surface area contributed by atoms with Crippen LogP contribution >= 0.6 is 0 Å². The van der Waals surface area contributed by atoms with E-state index < -0.39 is 10.0 Å². The highest BCUT2D eigenvalue weighted by molar-refractivity contribution is 7.89. The molecule has 4 rings (SSSR count). The normalized spacial score (nSPS) is 17.3. The molecule has 0 unspecified atom stereocenters. The number of hydrogen-bond acceptors (Lipinski definition) is 6. The smallest absolute Gasteiger partial charge is 0.246 e. The fraction of sp³-hybridized carbons (Fsp3) is 0.304. The lowest BCUT2D eigenvalue weighted by Gasteiger charge is -2.32. The summed E-state index contributed by atoms with van der Waals surface area (Å²) in [7, 11) is -2.17. The van der Waals surface area contributed by atoms with Gasteiger partial charge in [0.05, 0.1) is 7.11 Å². The van der Waals surface area contributed by atoms with Gasteiger partial charge in [-0.2, -0.15) is 4.31 Å². The predicted octanol–water partition coefficient (Wildman–Crippen LogP) is 4.11. The summed E-state index contributed by atoms with van der Waals surface area (Å²) in [5.41, 5.74) is 2.66. The van der Waals surface area contributed by atoms with Gasteiger partial charge in [-0.15, -0.1) is 0 Å². The highest BCUT2D eigenvalue weighted by Crippen LogP contribution is 2.33. The highest BCUT2D eigenvalue weighted by atomic mass is 32.2. The van der Waals surface area contributed by atoms with Gasteiger partial charge in [0.1, 0.15) is 16.5 Å². The van der Waals surface area contributed by atoms with E-state index in [0.29, 0.717) is 18.8 Å². The average molecular weight is 439 g/mol. The summed E-state index contributed by atoms with van der Waals surface area (Å²) in [4.78, 5) is 9.23. The second-order valence-electron chi connectivity index (χ2n) is 7.62. The molecule has 0 radical (unpaired) electrons. The number of anilines is 2. The molecule has 0 aliphatic carbocycles. The van der Waals surface area contributed by atoms with Crippen LogP contribution in [0.5, 0.6) is 5.75 Å². The zero-order chi connectivity index (χ0) is 21.8. The van der Waals surface area contributed by atoms with Crippen molar-refractivity contribution in [2.45, 2.75) is 30.6 Å². The lowest BCUT2D eigenvalue weighted by Crippen LogP contribution is -2.39. The van der Waals surface area contributed by atoms with Gasteiger partial charge in [-0.05, 0) is 56.2 Å². The molecule has 1 atom stereocenters. The van der Waals surface area contributed by atoms with Crippen LogP contribution in [0.25, 0.3) is 0 Å². The van der Waals surface area contributed by atoms with E-state index in [9.17, 15) is 8.42 Å². The summed E-state index contributed by atoms with van der Waals surface area (Å²) >= 11 is 0. The summed E-state index contributed by atoms with van der Waals surface area (Å²) in [6.45, 7) is 2.82. The molecular formula is C23H26N4O3S. The molecule has 1 aromatic carbocycles. The van der Waals surface area contributed by atoms with E-state index in [4.69, 9.17) is 9.72 Å². The molecule has 0 bridgehead atoms. The fourth-order valence-corrected chi connectivity index (χ4v) is 5.61. The number of para-hydroxylation sites is 1. The number of aromatic nitrogens is 2. The van der Waals surface area contributed by atoms with Crippen molar-refractivity contribution in [1.29, 1.82) is 0 Å². The zero-order valence-corrected chi connectivity index (χ0v) is 18.5. The molecule has 0 spiro atoms. The molecule has 8 heteroatoms. The highest BCUT2D eigenvalue weighted by Gasteiger charge is 2.33. The second-order valence-corrected chi connectivity index (χ2v) is 9.52. The molecular weight excluding hydrogens is 412 g/mol. The quantitative estimate of drug-likeness (QED) is 0.624. The minimum Gasteiger partial charge on any atom is -0.495 e. The minimum absolute atomic E-state index is 0.0161. The molecule has 3 aromatic rings. The maximum atomic E-state index is 13.3. The fourth-order valence-electron chi connectivity index (χ4n) is 3.93. The van der Waals surface area contributed by atoms with Gasteiger partial charge in [0.2, 0.25) is 10.0 Å². The number of aryl methyl sites for hydroxylation is 1. The van der Waals surface area contributed by atoms with Crippen molar-refractivity contribution in [1.82, 2.24) is 14.3 Å². The lowest BCUT2D eigenvalue weighted by atomic mass is 9.95. The van der Waals surface area contributed by atoms with Crippen LogP contribution in [0.1, 0.15) is 30.1 Å². The third-order valence-corrected chi connectivity index (χ3v) is 7.30. The van der Waals surface area contributed by atoms with Gasteiger partial charge in [-0.25, -0.2) is 13.4 Å². The first-order chi connectivity index (χ1) is 15.0. The molecule has 0 saturated carbocycles. The van der Waals surface area contributed by atoms with Gasteiger partial charge in [-0.3, -0.25) is 4.98 Å². The van der Waals surface area contributed by atoms with Crippen molar-refractivity contribution in [2.24, 2.45) is 0 Å². The summed E-state index contributed by atoms with van der Waals surface area (Å²) in [6, 6.07) is 16.4. The number of methoxy groups -OCH3 is 1. The van der Waals surface area contributed by atoms with Crippen LogP contribution in [-0.2, 0) is 10.0 Å². The second kappa shape index (κ2) is 9.03. The van der Waals surface area contributed by atoms with Crippen LogP contribution in [0.2, 0.25) is 0 Å². The lowest BCUT2D eigenvalue weighted by molar-refractivity contribution is 0.310. The maximum absolute atomic E-state index is 13.3. The van der Waals surface area contributed by atoms with E-state index in [1.54, 1.807) is 34.8 Å². The van der Waals surface area contributed by atoms with Crippen LogP contribution in [0.3, 0.4) is 0 Å². The third kappa shape index (κ3) is 4.70. The molecule has 0 amide bonds. The van der Waals surface area contributed by atoms with Crippen LogP contribution < -0.4 is 10.1 Å². The molecule has 1 aliphatic heterocycles. The first-order valence-corrected chi connectivity index (χ1v) is 11.7. The van der Waals surface area contributed by atoms with Gasteiger partial charge in [0, 0.05) is 42.3 Å². The first kappa shape index (κ1) is 21.3. The minimum atomic E-state index is -3.66. The standard InChI is InChI=1S/C23H26N4O3S/c1-17-14-19(26-23-11-5-6-12-24-23)15-20(25-17)18-8-7-13-27(16-18)31(28,29)22-10-4-3-9-21(22)30-2/h3-6,9-12,14-15,18H,7-8,13,16H2,1-2H3,(H,24,25,26)/t18-/m1/s1. The van der Waals surface area contributed by atoms with Gasteiger partial charge in [-0.1, -0.05) is 18.2 Å².